The molecule has 1 amide bonds. The first kappa shape index (κ1) is 16.9. The van der Waals surface area contributed by atoms with Crippen molar-refractivity contribution in [2.75, 3.05) is 0 Å². The highest BCUT2D eigenvalue weighted by molar-refractivity contribution is 7.80. The van der Waals surface area contributed by atoms with Gasteiger partial charge in [0.25, 0.3) is 0 Å². The van der Waals surface area contributed by atoms with Crippen LogP contribution in [0.4, 0.5) is 0 Å². The number of hydrogen-bond acceptors (Lipinski definition) is 3. The summed E-state index contributed by atoms with van der Waals surface area (Å²) in [5.41, 5.74) is 1.83. The molecule has 0 saturated carbocycles. The smallest absolute Gasteiger partial charge is 0.238 e. The third-order valence-corrected chi connectivity index (χ3v) is 4.01. The van der Waals surface area contributed by atoms with E-state index in [4.69, 9.17) is 16.6 Å². The number of benzene rings is 2. The van der Waals surface area contributed by atoms with E-state index in [1.165, 1.54) is 0 Å². The molecule has 3 aromatic rings. The maximum atomic E-state index is 12.9. The number of carbonyl (C=O) groups excluding carboxylic acids is 1. The van der Waals surface area contributed by atoms with Crippen LogP contribution >= 0.6 is 12.2 Å². The molecule has 126 valence electrons. The molecule has 0 aliphatic rings. The Morgan fingerprint density at radius 3 is 2.04 bits per heavy atom. The molecule has 0 aliphatic carbocycles. The van der Waals surface area contributed by atoms with Crippen LogP contribution in [-0.4, -0.2) is 11.0 Å². The van der Waals surface area contributed by atoms with Gasteiger partial charge in [0.1, 0.15) is 5.76 Å². The predicted molar refractivity (Wildman–Crippen MR) is 101 cm³/mol. The lowest BCUT2D eigenvalue weighted by molar-refractivity contribution is -0.120. The van der Waals surface area contributed by atoms with E-state index in [0.29, 0.717) is 6.54 Å². The molecule has 1 aromatic heterocycles. The molecule has 4 nitrogen and oxygen atoms in total. The minimum Gasteiger partial charge on any atom is -0.467 e. The lowest BCUT2D eigenvalue weighted by atomic mass is 9.90. The van der Waals surface area contributed by atoms with Gasteiger partial charge in [0.2, 0.25) is 5.91 Å². The van der Waals surface area contributed by atoms with E-state index >= 15 is 0 Å². The second-order valence-corrected chi connectivity index (χ2v) is 5.91. The van der Waals surface area contributed by atoms with Gasteiger partial charge in [-0.05, 0) is 35.5 Å². The Kier molecular flexibility index (Phi) is 5.59. The van der Waals surface area contributed by atoms with Crippen LogP contribution < -0.4 is 10.6 Å². The van der Waals surface area contributed by atoms with E-state index < -0.39 is 5.92 Å². The zero-order chi connectivity index (χ0) is 17.5. The monoisotopic (exact) mass is 350 g/mol. The fourth-order valence-electron chi connectivity index (χ4n) is 2.59. The Hall–Kier alpha value is -2.92. The molecule has 0 bridgehead atoms. The summed E-state index contributed by atoms with van der Waals surface area (Å²) in [6, 6.07) is 23.0. The second kappa shape index (κ2) is 8.26. The van der Waals surface area contributed by atoms with Gasteiger partial charge < -0.3 is 15.1 Å². The van der Waals surface area contributed by atoms with Crippen LogP contribution in [-0.2, 0) is 11.3 Å². The summed E-state index contributed by atoms with van der Waals surface area (Å²) in [4.78, 5) is 12.9. The van der Waals surface area contributed by atoms with Crippen molar-refractivity contribution >= 4 is 23.2 Å². The van der Waals surface area contributed by atoms with Crippen molar-refractivity contribution in [1.82, 2.24) is 10.6 Å². The Bertz CT molecular complexity index is 778. The molecule has 0 radical (unpaired) electrons. The van der Waals surface area contributed by atoms with Crippen LogP contribution in [0.5, 0.6) is 0 Å². The molecule has 2 N–H and O–H groups in total. The first-order valence-corrected chi connectivity index (χ1v) is 8.36. The maximum Gasteiger partial charge on any atom is 0.238 e. The van der Waals surface area contributed by atoms with Gasteiger partial charge in [0.15, 0.2) is 5.11 Å². The van der Waals surface area contributed by atoms with Gasteiger partial charge >= 0.3 is 0 Å². The Morgan fingerprint density at radius 2 is 1.52 bits per heavy atom. The van der Waals surface area contributed by atoms with E-state index in [-0.39, 0.29) is 11.0 Å². The first-order chi connectivity index (χ1) is 12.2. The topological polar surface area (TPSA) is 54.3 Å². The van der Waals surface area contributed by atoms with Crippen LogP contribution in [0.1, 0.15) is 22.8 Å². The van der Waals surface area contributed by atoms with E-state index in [0.717, 1.165) is 16.9 Å². The Morgan fingerprint density at radius 1 is 0.920 bits per heavy atom. The highest BCUT2D eigenvalue weighted by Crippen LogP contribution is 2.24. The average Bonchev–Trinajstić information content (AvgIpc) is 3.16. The zero-order valence-electron chi connectivity index (χ0n) is 13.5. The molecule has 3 rings (SSSR count). The number of nitrogens with one attached hydrogen (secondary N) is 2. The van der Waals surface area contributed by atoms with Crippen molar-refractivity contribution in [2.24, 2.45) is 0 Å². The van der Waals surface area contributed by atoms with Crippen molar-refractivity contribution < 1.29 is 9.21 Å². The largest absolute Gasteiger partial charge is 0.467 e. The van der Waals surface area contributed by atoms with E-state index in [2.05, 4.69) is 10.6 Å². The molecule has 25 heavy (non-hydrogen) atoms. The summed E-state index contributed by atoms with van der Waals surface area (Å²) in [7, 11) is 0. The molecule has 5 heteroatoms. The molecule has 0 spiro atoms. The van der Waals surface area contributed by atoms with Crippen molar-refractivity contribution in [3.63, 3.8) is 0 Å². The minimum atomic E-state index is -0.425. The van der Waals surface area contributed by atoms with Gasteiger partial charge in [0, 0.05) is 0 Å². The molecular formula is C20H18N2O2S. The third-order valence-electron chi connectivity index (χ3n) is 3.77. The number of furan rings is 1. The van der Waals surface area contributed by atoms with E-state index in [1.54, 1.807) is 12.3 Å². The molecule has 0 unspecified atom stereocenters. The Labute approximate surface area is 151 Å². The molecule has 0 aliphatic heterocycles. The average molecular weight is 350 g/mol. The summed E-state index contributed by atoms with van der Waals surface area (Å²) < 4.78 is 5.24. The number of thiocarbonyl (C=S) groups is 1. The lowest BCUT2D eigenvalue weighted by Crippen LogP contribution is -2.41. The van der Waals surface area contributed by atoms with Crippen molar-refractivity contribution in [3.05, 3.63) is 95.9 Å². The normalized spacial score (nSPS) is 10.4. The maximum absolute atomic E-state index is 12.9. The van der Waals surface area contributed by atoms with Crippen LogP contribution in [0.3, 0.4) is 0 Å². The quantitative estimate of drug-likeness (QED) is 0.691. The van der Waals surface area contributed by atoms with Gasteiger partial charge in [-0.2, -0.15) is 0 Å². The zero-order valence-corrected chi connectivity index (χ0v) is 14.3. The lowest BCUT2D eigenvalue weighted by Gasteiger charge is -2.18. The van der Waals surface area contributed by atoms with Crippen molar-refractivity contribution in [3.8, 4) is 0 Å². The fraction of sp³-hybridized carbons (Fsp3) is 0.100. The number of amides is 1. The van der Waals surface area contributed by atoms with Gasteiger partial charge in [-0.15, -0.1) is 0 Å². The summed E-state index contributed by atoms with van der Waals surface area (Å²) in [5.74, 6) is 0.152. The van der Waals surface area contributed by atoms with Crippen LogP contribution in [0.2, 0.25) is 0 Å². The molecule has 0 saturated heterocycles. The van der Waals surface area contributed by atoms with E-state index in [1.807, 2.05) is 66.7 Å². The van der Waals surface area contributed by atoms with Gasteiger partial charge in [-0.25, -0.2) is 0 Å². The molecular weight excluding hydrogens is 332 g/mol. The number of carbonyl (C=O) groups is 1. The minimum absolute atomic E-state index is 0.172. The Balaban J connectivity index is 1.72. The van der Waals surface area contributed by atoms with Gasteiger partial charge in [-0.3, -0.25) is 4.79 Å². The third kappa shape index (κ3) is 4.55. The van der Waals surface area contributed by atoms with Crippen LogP contribution in [0, 0.1) is 0 Å². The second-order valence-electron chi connectivity index (χ2n) is 5.51. The van der Waals surface area contributed by atoms with E-state index in [9.17, 15) is 4.79 Å². The number of rotatable bonds is 5. The van der Waals surface area contributed by atoms with Crippen LogP contribution in [0.25, 0.3) is 0 Å². The molecule has 1 heterocycles. The summed E-state index contributed by atoms with van der Waals surface area (Å²) >= 11 is 5.24. The summed E-state index contributed by atoms with van der Waals surface area (Å²) in [6.07, 6.45) is 1.60. The van der Waals surface area contributed by atoms with Crippen molar-refractivity contribution in [1.29, 1.82) is 0 Å². The summed E-state index contributed by atoms with van der Waals surface area (Å²) in [6.45, 7) is 0.424. The molecule has 0 fully saturated rings. The predicted octanol–water partition coefficient (Wildman–Crippen LogP) is 3.60. The number of hydrogen-bond donors (Lipinski definition) is 2. The molecule has 2 aromatic carbocycles. The summed E-state index contributed by atoms with van der Waals surface area (Å²) in [5, 5.41) is 6.03. The van der Waals surface area contributed by atoms with Gasteiger partial charge in [0.05, 0.1) is 18.7 Å². The van der Waals surface area contributed by atoms with Crippen LogP contribution in [0.15, 0.2) is 83.5 Å². The first-order valence-electron chi connectivity index (χ1n) is 7.95. The molecule has 0 atom stereocenters. The SMILES string of the molecule is O=C(NC(=S)NCc1ccco1)C(c1ccccc1)c1ccccc1. The highest BCUT2D eigenvalue weighted by Gasteiger charge is 2.23. The van der Waals surface area contributed by atoms with Crippen molar-refractivity contribution in [2.45, 2.75) is 12.5 Å². The highest BCUT2D eigenvalue weighted by atomic mass is 32.1. The van der Waals surface area contributed by atoms with Gasteiger partial charge in [-0.1, -0.05) is 60.7 Å². The fourth-order valence-corrected chi connectivity index (χ4v) is 2.77. The standard InChI is InChI=1S/C20H18N2O2S/c23-19(22-20(25)21-14-17-12-7-13-24-17)18(15-8-3-1-4-9-15)16-10-5-2-6-11-16/h1-13,18H,14H2,(H2,21,22,23,25).